The zero-order valence-corrected chi connectivity index (χ0v) is 31.4. The van der Waals surface area contributed by atoms with Gasteiger partial charge in [-0.3, -0.25) is 24.5 Å². The van der Waals surface area contributed by atoms with Crippen LogP contribution in [0.4, 0.5) is 11.4 Å². The minimum absolute atomic E-state index is 0.0526. The molecule has 4 saturated heterocycles. The number of phenolic OH excluding ortho intramolecular Hbond substituents is 1. The second-order valence-corrected chi connectivity index (χ2v) is 16.2. The Balaban J connectivity index is 0.834. The number of imide groups is 1. The average molecular weight is 754 g/mol. The van der Waals surface area contributed by atoms with Crippen molar-refractivity contribution in [2.75, 3.05) is 62.2 Å². The fourth-order valence-electron chi connectivity index (χ4n) is 9.69. The lowest BCUT2D eigenvalue weighted by Gasteiger charge is -2.40. The lowest BCUT2D eigenvalue weighted by Crippen LogP contribution is -2.50. The van der Waals surface area contributed by atoms with Gasteiger partial charge in [0, 0.05) is 81.4 Å². The molecular formula is C44H47N7O5. The van der Waals surface area contributed by atoms with Crippen molar-refractivity contribution in [3.8, 4) is 17.0 Å². The van der Waals surface area contributed by atoms with Gasteiger partial charge >= 0.3 is 0 Å². The lowest BCUT2D eigenvalue weighted by atomic mass is 9.79. The van der Waals surface area contributed by atoms with Gasteiger partial charge in [0.2, 0.25) is 23.6 Å². The number of rotatable bonds is 7. The monoisotopic (exact) mass is 753 g/mol. The number of hydrogen-bond donors (Lipinski definition) is 2. The van der Waals surface area contributed by atoms with E-state index in [1.54, 1.807) is 18.3 Å². The quantitative estimate of drug-likeness (QED) is 0.260. The molecule has 56 heavy (non-hydrogen) atoms. The molecule has 5 fully saturated rings. The molecule has 4 amide bonds. The third kappa shape index (κ3) is 6.86. The van der Waals surface area contributed by atoms with E-state index in [-0.39, 0.29) is 58.5 Å². The van der Waals surface area contributed by atoms with Crippen molar-refractivity contribution in [2.24, 2.45) is 17.3 Å². The van der Waals surface area contributed by atoms with Crippen LogP contribution in [0, 0.1) is 17.3 Å². The fraction of sp³-hybridized carbons (Fsp3) is 0.409. The highest BCUT2D eigenvalue weighted by Gasteiger charge is 2.62. The van der Waals surface area contributed by atoms with E-state index in [2.05, 4.69) is 37.4 Å². The Kier molecular flexibility index (Phi) is 9.43. The average Bonchev–Trinajstić information content (AvgIpc) is 3.78. The van der Waals surface area contributed by atoms with E-state index in [9.17, 15) is 24.3 Å². The molecule has 12 nitrogen and oxygen atoms in total. The SMILES string of the molecule is O=C1CC[C@H](c2ccc(N3CCN(C(=O)C4CC45CCN(C(=O)C4CN(c6cnnc(-c7ccccc7O)c6)CCC4c4ccccc4)C5)CC3)cc2)C(=O)N1. The maximum atomic E-state index is 14.6. The van der Waals surface area contributed by atoms with Gasteiger partial charge in [0.15, 0.2) is 0 Å². The van der Waals surface area contributed by atoms with Gasteiger partial charge in [-0.2, -0.15) is 10.2 Å². The molecule has 12 heteroatoms. The van der Waals surface area contributed by atoms with Crippen LogP contribution in [-0.4, -0.2) is 101 Å². The van der Waals surface area contributed by atoms with Gasteiger partial charge < -0.3 is 24.7 Å². The number of carbonyl (C=O) groups excluding carboxylic acids is 4. The smallest absolute Gasteiger partial charge is 0.234 e. The van der Waals surface area contributed by atoms with E-state index < -0.39 is 0 Å². The summed E-state index contributed by atoms with van der Waals surface area (Å²) < 4.78 is 0. The largest absolute Gasteiger partial charge is 0.507 e. The van der Waals surface area contributed by atoms with Crippen molar-refractivity contribution in [2.45, 2.75) is 43.9 Å². The number of phenols is 1. The normalized spacial score (nSPS) is 26.4. The van der Waals surface area contributed by atoms with Gasteiger partial charge in [0.1, 0.15) is 5.75 Å². The molecule has 4 aliphatic heterocycles. The molecule has 1 aromatic heterocycles. The zero-order chi connectivity index (χ0) is 38.4. The molecule has 288 valence electrons. The third-order valence-electron chi connectivity index (χ3n) is 13.0. The van der Waals surface area contributed by atoms with E-state index in [0.29, 0.717) is 56.8 Å². The number of piperidine rings is 2. The van der Waals surface area contributed by atoms with E-state index in [1.807, 2.05) is 70.5 Å². The summed E-state index contributed by atoms with van der Waals surface area (Å²) in [6, 6.07) is 27.4. The fourth-order valence-corrected chi connectivity index (χ4v) is 9.69. The molecule has 5 heterocycles. The summed E-state index contributed by atoms with van der Waals surface area (Å²) in [6.07, 6.45) is 5.10. The Bertz CT molecular complexity index is 2140. The number of anilines is 2. The highest BCUT2D eigenvalue weighted by Crippen LogP contribution is 2.59. The van der Waals surface area contributed by atoms with Crippen LogP contribution in [-0.2, 0) is 19.2 Å². The Labute approximate surface area is 326 Å². The molecule has 0 radical (unpaired) electrons. The summed E-state index contributed by atoms with van der Waals surface area (Å²) in [5.74, 6) is -0.477. The van der Waals surface area contributed by atoms with Crippen molar-refractivity contribution < 1.29 is 24.3 Å². The molecule has 9 rings (SSSR count). The third-order valence-corrected chi connectivity index (χ3v) is 13.0. The minimum atomic E-state index is -0.304. The van der Waals surface area contributed by atoms with Crippen molar-refractivity contribution in [1.29, 1.82) is 0 Å². The molecule has 2 N–H and O–H groups in total. The van der Waals surface area contributed by atoms with Crippen LogP contribution in [0.2, 0.25) is 0 Å². The Hall–Kier alpha value is -5.78. The first-order valence-corrected chi connectivity index (χ1v) is 19.9. The number of benzene rings is 3. The molecule has 3 aromatic carbocycles. The van der Waals surface area contributed by atoms with Crippen LogP contribution in [0.1, 0.15) is 55.1 Å². The molecule has 1 spiro atoms. The molecule has 1 aliphatic carbocycles. The maximum Gasteiger partial charge on any atom is 0.234 e. The number of carbonyl (C=O) groups is 4. The molecule has 1 saturated carbocycles. The molecular weight excluding hydrogens is 707 g/mol. The van der Waals surface area contributed by atoms with Crippen molar-refractivity contribution in [3.05, 3.63) is 102 Å². The number of piperazine rings is 1. The topological polar surface area (TPSA) is 139 Å². The molecule has 4 aromatic rings. The van der Waals surface area contributed by atoms with E-state index in [1.165, 1.54) is 5.56 Å². The van der Waals surface area contributed by atoms with Gasteiger partial charge in [0.05, 0.1) is 29.4 Å². The van der Waals surface area contributed by atoms with Crippen LogP contribution >= 0.6 is 0 Å². The number of likely N-dealkylation sites (tertiary alicyclic amines) is 1. The van der Waals surface area contributed by atoms with Gasteiger partial charge in [-0.15, -0.1) is 0 Å². The van der Waals surface area contributed by atoms with Gasteiger partial charge in [-0.25, -0.2) is 0 Å². The van der Waals surface area contributed by atoms with Crippen LogP contribution < -0.4 is 15.1 Å². The second-order valence-electron chi connectivity index (χ2n) is 16.2. The summed E-state index contributed by atoms with van der Waals surface area (Å²) in [7, 11) is 0. The van der Waals surface area contributed by atoms with E-state index in [4.69, 9.17) is 0 Å². The highest BCUT2D eigenvalue weighted by molar-refractivity contribution is 6.01. The standard InChI is InChI=1S/C44H47N7O5/c52-39-9-5-4-8-35(39)38-24-32(26-45-47-38)50-18-16-33(29-6-2-1-3-7-29)36(27-50)42(55)51-19-17-44(28-51)25-37(44)43(56)49-22-20-48(21-23-49)31-12-10-30(11-13-31)34-14-15-40(53)46-41(34)54/h1-13,24,26,33-34,36-37,52H,14-23,25,27-28H2,(H,46,53,54)/t33?,34-,36?,37?,44?/m1/s1. The summed E-state index contributed by atoms with van der Waals surface area (Å²) in [6.45, 7) is 5.34. The molecule has 5 atom stereocenters. The van der Waals surface area contributed by atoms with Crippen LogP contribution in [0.5, 0.6) is 5.75 Å². The van der Waals surface area contributed by atoms with E-state index in [0.717, 1.165) is 55.8 Å². The lowest BCUT2D eigenvalue weighted by molar-refractivity contribution is -0.136. The predicted molar refractivity (Wildman–Crippen MR) is 211 cm³/mol. The Morgan fingerprint density at radius 1 is 0.768 bits per heavy atom. The first kappa shape index (κ1) is 35.9. The van der Waals surface area contributed by atoms with Crippen LogP contribution in [0.15, 0.2) is 91.1 Å². The molecule has 4 unspecified atom stereocenters. The molecule has 5 aliphatic rings. The van der Waals surface area contributed by atoms with E-state index >= 15 is 0 Å². The van der Waals surface area contributed by atoms with Gasteiger partial charge in [0.25, 0.3) is 0 Å². The van der Waals surface area contributed by atoms with Crippen LogP contribution in [0.3, 0.4) is 0 Å². The number of para-hydroxylation sites is 1. The van der Waals surface area contributed by atoms with Crippen molar-refractivity contribution in [1.82, 2.24) is 25.3 Å². The van der Waals surface area contributed by atoms with Crippen molar-refractivity contribution in [3.63, 3.8) is 0 Å². The number of hydrogen-bond acceptors (Lipinski definition) is 9. The van der Waals surface area contributed by atoms with Crippen molar-refractivity contribution >= 4 is 35.0 Å². The predicted octanol–water partition coefficient (Wildman–Crippen LogP) is 4.57. The summed E-state index contributed by atoms with van der Waals surface area (Å²) >= 11 is 0. The minimum Gasteiger partial charge on any atom is -0.507 e. The Morgan fingerprint density at radius 2 is 1.54 bits per heavy atom. The summed E-state index contributed by atoms with van der Waals surface area (Å²) in [5.41, 5.74) is 5.08. The second kappa shape index (κ2) is 14.7. The first-order chi connectivity index (χ1) is 27.3. The highest BCUT2D eigenvalue weighted by atomic mass is 16.3. The Morgan fingerprint density at radius 3 is 2.30 bits per heavy atom. The maximum absolute atomic E-state index is 14.6. The molecule has 0 bridgehead atoms. The number of aromatic hydroxyl groups is 1. The van der Waals surface area contributed by atoms with Crippen LogP contribution in [0.25, 0.3) is 11.3 Å². The van der Waals surface area contributed by atoms with Gasteiger partial charge in [-0.05, 0) is 73.1 Å². The first-order valence-electron chi connectivity index (χ1n) is 19.9. The zero-order valence-electron chi connectivity index (χ0n) is 31.4. The number of amides is 4. The number of aromatic nitrogens is 2. The number of nitrogens with one attached hydrogen (secondary N) is 1. The summed E-state index contributed by atoms with van der Waals surface area (Å²) in [5, 5.41) is 21.5. The van der Waals surface area contributed by atoms with Gasteiger partial charge in [-0.1, -0.05) is 54.6 Å². The number of nitrogens with zero attached hydrogens (tertiary/aromatic N) is 6. The summed E-state index contributed by atoms with van der Waals surface area (Å²) in [4.78, 5) is 61.0.